The third kappa shape index (κ3) is 32.1. The summed E-state index contributed by atoms with van der Waals surface area (Å²) < 4.78 is 11.6. The summed E-state index contributed by atoms with van der Waals surface area (Å²) in [4.78, 5) is 279. The number of hydrogen-bond donors (Lipinski definition) is 22. The van der Waals surface area contributed by atoms with Crippen molar-refractivity contribution in [3.8, 4) is 16.9 Å². The lowest BCUT2D eigenvalue weighted by atomic mass is 9.96. The smallest absolute Gasteiger partial charge is 0.329 e. The van der Waals surface area contributed by atoms with Gasteiger partial charge in [0.25, 0.3) is 5.91 Å². The lowest BCUT2D eigenvalue weighted by Crippen LogP contribution is -2.62. The van der Waals surface area contributed by atoms with Crippen LogP contribution in [0, 0.1) is 5.92 Å². The Balaban J connectivity index is 1.38. The summed E-state index contributed by atoms with van der Waals surface area (Å²) in [6, 6.07) is 2.64. The van der Waals surface area contributed by atoms with Gasteiger partial charge in [-0.2, -0.15) is 0 Å². The Kier molecular flexibility index (Phi) is 39.5. The number of primary amides is 1. The second-order valence-corrected chi connectivity index (χ2v) is 29.6. The van der Waals surface area contributed by atoms with Crippen molar-refractivity contribution >= 4 is 135 Å². The van der Waals surface area contributed by atoms with Crippen LogP contribution in [0.5, 0.6) is 5.75 Å². The number of benzene rings is 4. The number of H-pyrrole nitrogens is 1. The Morgan fingerprint density at radius 2 is 1.09 bits per heavy atom. The molecule has 0 radical (unpaired) electrons. The normalized spacial score (nSPS) is 20.3. The first-order chi connectivity index (χ1) is 59.8. The first kappa shape index (κ1) is 100. The summed E-state index contributed by atoms with van der Waals surface area (Å²) in [5.41, 5.74) is 19.6. The number of carboxylic acids is 4. The summed E-state index contributed by atoms with van der Waals surface area (Å²) in [5.74, 6) is -29.6. The Hall–Kier alpha value is -14.5. The zero-order valence-electron chi connectivity index (χ0n) is 69.2. The van der Waals surface area contributed by atoms with Gasteiger partial charge in [-0.15, -0.1) is 0 Å². The van der Waals surface area contributed by atoms with Crippen molar-refractivity contribution < 1.29 is 131 Å². The van der Waals surface area contributed by atoms with E-state index in [4.69, 9.17) is 26.7 Å². The van der Waals surface area contributed by atoms with E-state index in [1.807, 2.05) is 40.2 Å². The number of nitrogens with one attached hydrogen (secondary N) is 14. The number of aliphatic hydroxyl groups is 1. The average Bonchev–Trinajstić information content (AvgIpc) is 1.49. The molecule has 680 valence electrons. The van der Waals surface area contributed by atoms with Crippen LogP contribution in [-0.2, 0) is 97.5 Å². The number of cyclic esters (lactones) is 1. The quantitative estimate of drug-likeness (QED) is 0.00803. The van der Waals surface area contributed by atoms with Crippen LogP contribution in [0.2, 0.25) is 0 Å². The molecule has 4 aromatic carbocycles. The van der Waals surface area contributed by atoms with Crippen LogP contribution in [0.15, 0.2) is 103 Å². The van der Waals surface area contributed by atoms with Crippen molar-refractivity contribution in [2.24, 2.45) is 17.4 Å². The molecule has 0 spiro atoms. The molecule has 126 heavy (non-hydrogen) atoms. The summed E-state index contributed by atoms with van der Waals surface area (Å²) in [7, 11) is 0. The van der Waals surface area contributed by atoms with Gasteiger partial charge in [-0.25, -0.2) is 4.79 Å². The summed E-state index contributed by atoms with van der Waals surface area (Å²) in [5, 5.41) is 78.9. The third-order valence-corrected chi connectivity index (χ3v) is 19.7. The number of Topliss-reactive ketones (excluding diaryl/α,β-unsaturated/α-hetero) is 1. The number of carbonyl (C=O) groups is 20. The summed E-state index contributed by atoms with van der Waals surface area (Å²) >= 11 is 0. The van der Waals surface area contributed by atoms with E-state index in [1.54, 1.807) is 42.6 Å². The van der Waals surface area contributed by atoms with Crippen LogP contribution in [0.4, 0.5) is 5.69 Å². The van der Waals surface area contributed by atoms with Crippen LogP contribution >= 0.6 is 0 Å². The van der Waals surface area contributed by atoms with E-state index >= 15 is 0 Å². The number of carbonyl (C=O) groups excluding carboxylic acids is 16. The number of aliphatic carboxylic acids is 4. The number of esters is 1. The number of unbranched alkanes of at least 4 members (excludes halogenated alkanes) is 4. The molecule has 44 heteroatoms. The van der Waals surface area contributed by atoms with E-state index < -0.39 is 261 Å². The van der Waals surface area contributed by atoms with Crippen molar-refractivity contribution in [3.05, 3.63) is 120 Å². The van der Waals surface area contributed by atoms with Gasteiger partial charge in [0.15, 0.2) is 5.78 Å². The second-order valence-electron chi connectivity index (χ2n) is 29.6. The number of aromatic amines is 1. The van der Waals surface area contributed by atoms with Gasteiger partial charge < -0.3 is 126 Å². The lowest BCUT2D eigenvalue weighted by molar-refractivity contribution is -0.156. The standard InChI is InChI=1S/C82H105N17O27/c1-5-6-7-8-13-29-125-48-26-24-45(25-27-48)44-20-22-46(23-21-44)72(114)93-54(31-47-37-86-52-18-12-10-15-49(47)52)76(118)94-55(33-62(85)102)77(119)96-58(36-68(111)112)78(120)99-70-43(4)126-82(124)59(32-61(101)50-16-9-11-17-51(50)84)97-81(123)69(41(2)30-65(105)106)98-79(121)60(40-100)91-64(104)38-87-73(115)56(34-66(107)108)92-71(113)42(3)89-75(117)57(35-67(109)110)95-74(116)53(19-14-28-83)90-63(103)39-88-80(70)122/h9-12,15-18,20-27,37,41-43,53-60,69-70,86,100H,5-8,13-14,19,28-36,38-40,83-84H2,1-4H3,(H2,85,102)(H,87,115)(H,88,122)(H,89,117)(H,90,103)(H,91,104)(H,92,113)(H,93,114)(H,94,118)(H,95,116)(H,96,119)(H,97,123)(H,98,121)(H,99,120)(H,105,106)(H,107,108)(H,109,110)(H,111,112)/t41-,42+,43+,53-,54-,55-,56-,57+,58-,59-,60+,69-,70-/m0/s1. The number of ketones is 1. The van der Waals surface area contributed by atoms with Crippen molar-refractivity contribution in [1.29, 1.82) is 0 Å². The maximum atomic E-state index is 14.9. The van der Waals surface area contributed by atoms with E-state index in [1.165, 1.54) is 36.4 Å². The molecule has 1 fully saturated rings. The van der Waals surface area contributed by atoms with Crippen molar-refractivity contribution in [2.75, 3.05) is 38.6 Å². The predicted molar refractivity (Wildman–Crippen MR) is 443 cm³/mol. The van der Waals surface area contributed by atoms with Crippen LogP contribution in [0.25, 0.3) is 22.0 Å². The molecule has 0 bridgehead atoms. The number of ether oxygens (including phenoxy) is 2. The van der Waals surface area contributed by atoms with Gasteiger partial charge in [-0.05, 0) is 105 Å². The van der Waals surface area contributed by atoms with E-state index in [-0.39, 0.29) is 36.2 Å². The van der Waals surface area contributed by atoms with Crippen molar-refractivity contribution in [2.45, 2.75) is 190 Å². The van der Waals surface area contributed by atoms with Gasteiger partial charge >= 0.3 is 29.8 Å². The van der Waals surface area contributed by atoms with Gasteiger partial charge in [0.1, 0.15) is 78.3 Å². The molecule has 44 nitrogen and oxygen atoms in total. The van der Waals surface area contributed by atoms with Crippen LogP contribution < -0.4 is 91.1 Å². The Labute approximate surface area is 720 Å². The zero-order chi connectivity index (χ0) is 93.0. The van der Waals surface area contributed by atoms with Gasteiger partial charge in [0.2, 0.25) is 76.8 Å². The first-order valence-electron chi connectivity index (χ1n) is 40.1. The number of carboxylic acid groups (broad SMARTS) is 4. The Morgan fingerprint density at radius 1 is 0.540 bits per heavy atom. The van der Waals surface area contributed by atoms with E-state index in [0.29, 0.717) is 34.4 Å². The zero-order valence-corrected chi connectivity index (χ0v) is 69.2. The monoisotopic (exact) mass is 1760 g/mol. The third-order valence-electron chi connectivity index (χ3n) is 19.7. The molecule has 2 heterocycles. The number of nitrogen functional groups attached to an aromatic ring is 1. The first-order valence-corrected chi connectivity index (χ1v) is 40.1. The average molecular weight is 1760 g/mol. The number of para-hydroxylation sites is 2. The molecule has 13 atom stereocenters. The number of anilines is 1. The van der Waals surface area contributed by atoms with Crippen molar-refractivity contribution in [1.82, 2.24) is 74.1 Å². The molecule has 1 aliphatic rings. The fourth-order valence-corrected chi connectivity index (χ4v) is 12.9. The second kappa shape index (κ2) is 49.6. The molecule has 0 unspecified atom stereocenters. The highest BCUT2D eigenvalue weighted by Crippen LogP contribution is 2.26. The minimum atomic E-state index is -2.47. The SMILES string of the molecule is CCCCCCCOc1ccc(-c2ccc(C(=O)N[C@@H](Cc3c[nH]c4ccccc34)C(=O)N[C@@H](CC(N)=O)C(=O)N[C@@H](CC(=O)O)C(=O)N[C@@H]3C(=O)NCC(=O)N[C@@H](CCCN)C(=O)N[C@H](CC(=O)O)C(=O)N[C@H](C)C(=O)N[C@@H](CC(=O)O)C(=O)NCC(=O)N[C@H](CO)C(=O)N[C@@H]([C@@H](C)CC(=O)O)C(=O)N[C@@H](CC(=O)c4ccccc4N)C(=O)O[C@@H]3C)cc2)cc1. The van der Waals surface area contributed by atoms with Crippen molar-refractivity contribution in [3.63, 3.8) is 0 Å². The molecule has 5 aromatic rings. The number of fused-ring (bicyclic) bond motifs is 1. The van der Waals surface area contributed by atoms with Gasteiger partial charge in [-0.3, -0.25) is 91.1 Å². The van der Waals surface area contributed by atoms with Crippen LogP contribution in [0.3, 0.4) is 0 Å². The maximum absolute atomic E-state index is 14.9. The molecular formula is C82H105N17O27. The fourth-order valence-electron chi connectivity index (χ4n) is 12.9. The minimum Gasteiger partial charge on any atom is -0.494 e. The molecular weight excluding hydrogens is 1650 g/mol. The fraction of sp³-hybridized carbons (Fsp3) is 0.439. The van der Waals surface area contributed by atoms with E-state index in [2.05, 4.69) is 65.1 Å². The number of nitrogens with two attached hydrogens (primary N) is 3. The molecule has 1 saturated heterocycles. The Bertz CT molecular complexity index is 4790. The summed E-state index contributed by atoms with van der Waals surface area (Å²) in [6.07, 6.45) is -3.27. The van der Waals surface area contributed by atoms with Gasteiger partial charge in [-0.1, -0.05) is 94.1 Å². The highest BCUT2D eigenvalue weighted by atomic mass is 16.5. The number of amides is 14. The molecule has 6 rings (SSSR count). The minimum absolute atomic E-state index is 0.0576. The molecule has 25 N–H and O–H groups in total. The molecule has 1 aliphatic heterocycles. The number of rotatable bonds is 36. The number of aliphatic hydroxyl groups excluding tert-OH is 1. The van der Waals surface area contributed by atoms with Crippen LogP contribution in [0.1, 0.15) is 137 Å². The topological polar surface area (TPSA) is 711 Å². The maximum Gasteiger partial charge on any atom is 0.329 e. The molecule has 1 aromatic heterocycles. The van der Waals surface area contributed by atoms with Gasteiger partial charge in [0, 0.05) is 46.8 Å². The van der Waals surface area contributed by atoms with Crippen LogP contribution in [-0.4, -0.2) is 254 Å². The number of aromatic nitrogens is 1. The number of hydrogen-bond acceptors (Lipinski definition) is 25. The van der Waals surface area contributed by atoms with E-state index in [0.717, 1.165) is 58.4 Å². The molecule has 0 aliphatic carbocycles. The highest BCUT2D eigenvalue weighted by Gasteiger charge is 2.41. The molecule has 0 saturated carbocycles. The predicted octanol–water partition coefficient (Wildman–Crippen LogP) is -3.43. The molecule has 14 amide bonds. The highest BCUT2D eigenvalue weighted by molar-refractivity contribution is 6.06. The summed E-state index contributed by atoms with van der Waals surface area (Å²) in [6.45, 7) is 1.67. The van der Waals surface area contributed by atoms with E-state index in [9.17, 15) is 121 Å². The largest absolute Gasteiger partial charge is 0.494 e. The van der Waals surface area contributed by atoms with Gasteiger partial charge in [0.05, 0.1) is 58.4 Å². The lowest BCUT2D eigenvalue weighted by Gasteiger charge is -2.30. The Morgan fingerprint density at radius 3 is 1.69 bits per heavy atom.